The van der Waals surface area contributed by atoms with Crippen molar-refractivity contribution >= 4 is 11.9 Å². The Bertz CT molecular complexity index is 299. The molecule has 5 heteroatoms. The molecule has 20 heavy (non-hydrogen) atoms. The van der Waals surface area contributed by atoms with Crippen LogP contribution < -0.4 is 10.6 Å². The highest BCUT2D eigenvalue weighted by Crippen LogP contribution is 2.17. The van der Waals surface area contributed by atoms with Crippen molar-refractivity contribution in [3.05, 3.63) is 0 Å². The first-order valence-corrected chi connectivity index (χ1v) is 7.88. The summed E-state index contributed by atoms with van der Waals surface area (Å²) >= 11 is 0. The Kier molecular flexibility index (Phi) is 8.83. The number of rotatable bonds is 7. The van der Waals surface area contributed by atoms with E-state index in [4.69, 9.17) is 0 Å². The second-order valence-corrected chi connectivity index (χ2v) is 5.27. The van der Waals surface area contributed by atoms with Gasteiger partial charge in [-0.1, -0.05) is 19.3 Å². The highest BCUT2D eigenvalue weighted by Gasteiger charge is 2.14. The maximum atomic E-state index is 11.0. The predicted octanol–water partition coefficient (Wildman–Crippen LogP) is 2.22. The molecule has 5 nitrogen and oxygen atoms in total. The average molecular weight is 283 g/mol. The molecule has 0 aromatic carbocycles. The lowest BCUT2D eigenvalue weighted by atomic mass is 9.96. The minimum absolute atomic E-state index is 0.138. The van der Waals surface area contributed by atoms with E-state index in [9.17, 15) is 4.79 Å². The predicted molar refractivity (Wildman–Crippen MR) is 81.9 cm³/mol. The molecule has 0 aromatic rings. The number of hydrogen-bond acceptors (Lipinski definition) is 3. The molecule has 1 saturated carbocycles. The van der Waals surface area contributed by atoms with E-state index < -0.39 is 0 Å². The maximum absolute atomic E-state index is 11.0. The molecule has 0 radical (unpaired) electrons. The minimum Gasteiger partial charge on any atom is -0.469 e. The molecule has 0 aliphatic heterocycles. The van der Waals surface area contributed by atoms with Crippen molar-refractivity contribution in [3.63, 3.8) is 0 Å². The van der Waals surface area contributed by atoms with Gasteiger partial charge in [0, 0.05) is 25.6 Å². The van der Waals surface area contributed by atoms with Gasteiger partial charge in [0.1, 0.15) is 0 Å². The number of hydrogen-bond donors (Lipinski definition) is 2. The van der Waals surface area contributed by atoms with E-state index in [1.54, 1.807) is 0 Å². The third kappa shape index (κ3) is 7.36. The van der Waals surface area contributed by atoms with Gasteiger partial charge in [-0.25, -0.2) is 0 Å². The second kappa shape index (κ2) is 10.5. The van der Waals surface area contributed by atoms with E-state index in [1.165, 1.54) is 39.2 Å². The van der Waals surface area contributed by atoms with E-state index >= 15 is 0 Å². The highest BCUT2D eigenvalue weighted by atomic mass is 16.5. The third-order valence-corrected chi connectivity index (χ3v) is 3.58. The van der Waals surface area contributed by atoms with Gasteiger partial charge in [0.05, 0.1) is 7.11 Å². The van der Waals surface area contributed by atoms with Crippen LogP contribution in [0.25, 0.3) is 0 Å². The van der Waals surface area contributed by atoms with E-state index in [2.05, 4.69) is 27.3 Å². The highest BCUT2D eigenvalue weighted by molar-refractivity contribution is 5.80. The molecule has 0 spiro atoms. The van der Waals surface area contributed by atoms with Gasteiger partial charge in [0.25, 0.3) is 0 Å². The van der Waals surface area contributed by atoms with Crippen molar-refractivity contribution in [3.8, 4) is 0 Å². The number of carbonyl (C=O) groups is 1. The molecule has 0 atom stereocenters. The van der Waals surface area contributed by atoms with Crippen LogP contribution in [0.5, 0.6) is 0 Å². The van der Waals surface area contributed by atoms with Gasteiger partial charge in [-0.15, -0.1) is 0 Å². The normalized spacial score (nSPS) is 16.8. The lowest BCUT2D eigenvalue weighted by Gasteiger charge is -2.24. The van der Waals surface area contributed by atoms with Crippen molar-refractivity contribution in [2.24, 2.45) is 4.99 Å². The Balaban J connectivity index is 2.25. The number of esters is 1. The fourth-order valence-electron chi connectivity index (χ4n) is 2.43. The van der Waals surface area contributed by atoms with Crippen molar-refractivity contribution in [1.29, 1.82) is 0 Å². The van der Waals surface area contributed by atoms with Gasteiger partial charge in [-0.05, 0) is 32.6 Å². The van der Waals surface area contributed by atoms with Crippen LogP contribution in [-0.2, 0) is 9.53 Å². The maximum Gasteiger partial charge on any atom is 0.305 e. The van der Waals surface area contributed by atoms with E-state index in [1.807, 2.05) is 0 Å². The van der Waals surface area contributed by atoms with Crippen LogP contribution in [0.4, 0.5) is 0 Å². The zero-order valence-corrected chi connectivity index (χ0v) is 12.9. The number of nitrogens with one attached hydrogen (secondary N) is 2. The van der Waals surface area contributed by atoms with Crippen LogP contribution in [0.15, 0.2) is 4.99 Å². The zero-order chi connectivity index (χ0) is 14.6. The van der Waals surface area contributed by atoms with Gasteiger partial charge in [-0.3, -0.25) is 9.79 Å². The first kappa shape index (κ1) is 16.8. The molecule has 0 amide bonds. The number of carbonyl (C=O) groups excluding carboxylic acids is 1. The van der Waals surface area contributed by atoms with Gasteiger partial charge in [0.2, 0.25) is 0 Å². The lowest BCUT2D eigenvalue weighted by Crippen LogP contribution is -2.44. The summed E-state index contributed by atoms with van der Waals surface area (Å²) in [5.41, 5.74) is 0. The van der Waals surface area contributed by atoms with Gasteiger partial charge < -0.3 is 15.4 Å². The van der Waals surface area contributed by atoms with Crippen LogP contribution in [0.3, 0.4) is 0 Å². The fourth-order valence-corrected chi connectivity index (χ4v) is 2.43. The second-order valence-electron chi connectivity index (χ2n) is 5.27. The van der Waals surface area contributed by atoms with Crippen molar-refractivity contribution in [2.75, 3.05) is 20.2 Å². The zero-order valence-electron chi connectivity index (χ0n) is 12.9. The summed E-state index contributed by atoms with van der Waals surface area (Å²) in [6.07, 6.45) is 8.71. The Morgan fingerprint density at radius 2 is 2.00 bits per heavy atom. The molecule has 1 aliphatic carbocycles. The molecule has 0 heterocycles. The lowest BCUT2D eigenvalue weighted by molar-refractivity contribution is -0.140. The third-order valence-electron chi connectivity index (χ3n) is 3.58. The number of unbranched alkanes of at least 4 members (excludes halogenated alkanes) is 1. The summed E-state index contributed by atoms with van der Waals surface area (Å²) in [7, 11) is 1.43. The van der Waals surface area contributed by atoms with Gasteiger partial charge in [-0.2, -0.15) is 0 Å². The van der Waals surface area contributed by atoms with Crippen LogP contribution in [-0.4, -0.2) is 38.2 Å². The van der Waals surface area contributed by atoms with Gasteiger partial charge in [0.15, 0.2) is 5.96 Å². The summed E-state index contributed by atoms with van der Waals surface area (Å²) in [6.45, 7) is 3.70. The van der Waals surface area contributed by atoms with Gasteiger partial charge >= 0.3 is 5.97 Å². The van der Waals surface area contributed by atoms with Crippen LogP contribution in [0.2, 0.25) is 0 Å². The Morgan fingerprint density at radius 3 is 2.65 bits per heavy atom. The summed E-state index contributed by atoms with van der Waals surface area (Å²) in [6, 6.07) is 0.566. The number of nitrogens with zero attached hydrogens (tertiary/aromatic N) is 1. The molecular weight excluding hydrogens is 254 g/mol. The SMILES string of the molecule is CCNC(=NCCCCC(=O)OC)NC1CCCCC1. The fraction of sp³-hybridized carbons (Fsp3) is 0.867. The van der Waals surface area contributed by atoms with Crippen molar-refractivity contribution in [2.45, 2.75) is 64.3 Å². The average Bonchev–Trinajstić information content (AvgIpc) is 2.47. The first-order valence-electron chi connectivity index (χ1n) is 7.88. The van der Waals surface area contributed by atoms with E-state index in [0.717, 1.165) is 31.9 Å². The molecule has 2 N–H and O–H groups in total. The summed E-state index contributed by atoms with van der Waals surface area (Å²) in [5.74, 6) is 0.777. The Hall–Kier alpha value is -1.26. The molecule has 1 fully saturated rings. The first-order chi connectivity index (χ1) is 9.76. The summed E-state index contributed by atoms with van der Waals surface area (Å²) in [4.78, 5) is 15.6. The van der Waals surface area contributed by atoms with Crippen LogP contribution in [0.1, 0.15) is 58.3 Å². The number of aliphatic imine (C=N–C) groups is 1. The number of guanidine groups is 1. The Labute approximate surface area is 122 Å². The molecule has 0 unspecified atom stereocenters. The molecule has 1 rings (SSSR count). The molecule has 0 saturated heterocycles. The molecule has 1 aliphatic rings. The summed E-state index contributed by atoms with van der Waals surface area (Å²) in [5, 5.41) is 6.80. The van der Waals surface area contributed by atoms with Crippen molar-refractivity contribution in [1.82, 2.24) is 10.6 Å². The Morgan fingerprint density at radius 1 is 1.25 bits per heavy atom. The van der Waals surface area contributed by atoms with Crippen molar-refractivity contribution < 1.29 is 9.53 Å². The largest absolute Gasteiger partial charge is 0.469 e. The molecule has 116 valence electrons. The smallest absolute Gasteiger partial charge is 0.305 e. The van der Waals surface area contributed by atoms with Crippen LogP contribution >= 0.6 is 0 Å². The number of methoxy groups -OCH3 is 1. The van der Waals surface area contributed by atoms with E-state index in [-0.39, 0.29) is 5.97 Å². The molecule has 0 aromatic heterocycles. The topological polar surface area (TPSA) is 62.7 Å². The molecule has 0 bridgehead atoms. The minimum atomic E-state index is -0.138. The van der Waals surface area contributed by atoms with E-state index in [0.29, 0.717) is 12.5 Å². The summed E-state index contributed by atoms with van der Waals surface area (Å²) < 4.78 is 4.62. The van der Waals surface area contributed by atoms with Crippen LogP contribution in [0, 0.1) is 0 Å². The molecular formula is C15H29N3O2. The number of ether oxygens (including phenoxy) is 1. The standard InChI is InChI=1S/C15H29N3O2/c1-3-16-15(18-13-9-5-4-6-10-13)17-12-8-7-11-14(19)20-2/h13H,3-12H2,1-2H3,(H2,16,17,18). The quantitative estimate of drug-likeness (QED) is 0.325. The monoisotopic (exact) mass is 283 g/mol.